The molecule has 0 spiro atoms. The summed E-state index contributed by atoms with van der Waals surface area (Å²) >= 11 is 0. The van der Waals surface area contributed by atoms with Crippen molar-refractivity contribution in [3.8, 4) is 0 Å². The molecule has 1 saturated carbocycles. The summed E-state index contributed by atoms with van der Waals surface area (Å²) in [5.41, 5.74) is 3.77. The summed E-state index contributed by atoms with van der Waals surface area (Å²) in [5.74, 6) is -0.313. The van der Waals surface area contributed by atoms with E-state index in [4.69, 9.17) is 5.73 Å². The van der Waals surface area contributed by atoms with Crippen molar-refractivity contribution in [2.45, 2.75) is 38.2 Å². The van der Waals surface area contributed by atoms with Crippen molar-refractivity contribution in [2.75, 3.05) is 6.54 Å². The van der Waals surface area contributed by atoms with Crippen LogP contribution in [0.3, 0.4) is 0 Å². The molecule has 1 fully saturated rings. The van der Waals surface area contributed by atoms with Crippen molar-refractivity contribution in [2.24, 2.45) is 11.7 Å². The van der Waals surface area contributed by atoms with E-state index in [1.807, 2.05) is 0 Å². The highest BCUT2D eigenvalue weighted by molar-refractivity contribution is 5.81. The number of hydrogen-bond donors (Lipinski definition) is 2. The molecule has 5 heteroatoms. The Labute approximate surface area is 82.0 Å². The molecular weight excluding hydrogens is 190 g/mol. The van der Waals surface area contributed by atoms with E-state index in [9.17, 15) is 13.6 Å². The van der Waals surface area contributed by atoms with Gasteiger partial charge in [-0.15, -0.1) is 0 Å². The minimum Gasteiger partial charge on any atom is -0.345 e. The molecule has 3 nitrogen and oxygen atoms in total. The van der Waals surface area contributed by atoms with Crippen molar-refractivity contribution in [1.29, 1.82) is 0 Å². The van der Waals surface area contributed by atoms with Gasteiger partial charge in [-0.2, -0.15) is 0 Å². The lowest BCUT2D eigenvalue weighted by atomic mass is 9.98. The second-order valence-corrected chi connectivity index (χ2v) is 4.02. The summed E-state index contributed by atoms with van der Waals surface area (Å²) in [5, 5.41) is 2.39. The zero-order valence-corrected chi connectivity index (χ0v) is 8.22. The van der Waals surface area contributed by atoms with Crippen LogP contribution in [-0.2, 0) is 4.79 Å². The highest BCUT2D eigenvalue weighted by Gasteiger charge is 2.39. The van der Waals surface area contributed by atoms with Gasteiger partial charge in [-0.05, 0) is 32.7 Å². The maximum atomic E-state index is 12.6. The van der Waals surface area contributed by atoms with Gasteiger partial charge < -0.3 is 11.1 Å². The van der Waals surface area contributed by atoms with Gasteiger partial charge >= 0.3 is 0 Å². The van der Waals surface area contributed by atoms with Crippen molar-refractivity contribution in [1.82, 2.24) is 5.32 Å². The molecule has 1 atom stereocenters. The van der Waals surface area contributed by atoms with Gasteiger partial charge in [0.15, 0.2) is 0 Å². The molecule has 0 saturated heterocycles. The predicted molar refractivity (Wildman–Crippen MR) is 48.9 cm³/mol. The van der Waals surface area contributed by atoms with Crippen LogP contribution in [0.4, 0.5) is 8.78 Å². The Morgan fingerprint density at radius 3 is 2.57 bits per heavy atom. The molecule has 1 unspecified atom stereocenters. The molecule has 82 valence electrons. The predicted octanol–water partition coefficient (Wildman–Crippen LogP) is 0.885. The van der Waals surface area contributed by atoms with E-state index >= 15 is 0 Å². The number of carbonyl (C=O) groups excluding carboxylic acids is 1. The fourth-order valence-electron chi connectivity index (χ4n) is 1.26. The minimum atomic E-state index is -2.58. The van der Waals surface area contributed by atoms with Crippen LogP contribution in [0.5, 0.6) is 0 Å². The number of nitrogens with two attached hydrogens (primary N) is 1. The second-order valence-electron chi connectivity index (χ2n) is 4.02. The van der Waals surface area contributed by atoms with Crippen LogP contribution in [0.1, 0.15) is 26.2 Å². The largest absolute Gasteiger partial charge is 0.345 e. The number of carbonyl (C=O) groups is 1. The summed E-state index contributed by atoms with van der Waals surface area (Å²) in [6.45, 7) is 1.48. The zero-order chi connectivity index (χ0) is 10.8. The van der Waals surface area contributed by atoms with Crippen LogP contribution < -0.4 is 11.1 Å². The molecule has 0 heterocycles. The molecule has 0 aliphatic heterocycles. The summed E-state index contributed by atoms with van der Waals surface area (Å²) in [7, 11) is 0. The Morgan fingerprint density at radius 2 is 2.21 bits per heavy atom. The standard InChI is InChI=1S/C9H16F2N2O/c1-9(4-5-12,8(10)11)13-7(14)6-2-3-6/h6,8H,2-5,12H2,1H3,(H,13,14). The van der Waals surface area contributed by atoms with E-state index in [0.29, 0.717) is 0 Å². The number of rotatable bonds is 5. The second kappa shape index (κ2) is 4.21. The number of nitrogens with one attached hydrogen (secondary N) is 1. The van der Waals surface area contributed by atoms with Crippen LogP contribution >= 0.6 is 0 Å². The molecular formula is C9H16F2N2O. The molecule has 0 aromatic heterocycles. The maximum absolute atomic E-state index is 12.6. The molecule has 14 heavy (non-hydrogen) atoms. The lowest BCUT2D eigenvalue weighted by molar-refractivity contribution is -0.126. The molecule has 0 bridgehead atoms. The van der Waals surface area contributed by atoms with Crippen molar-refractivity contribution in [3.63, 3.8) is 0 Å². The van der Waals surface area contributed by atoms with Gasteiger partial charge in [0.05, 0.1) is 5.54 Å². The van der Waals surface area contributed by atoms with Crippen LogP contribution in [-0.4, -0.2) is 24.4 Å². The fourth-order valence-corrected chi connectivity index (χ4v) is 1.26. The highest BCUT2D eigenvalue weighted by atomic mass is 19.3. The normalized spacial score (nSPS) is 20.6. The van der Waals surface area contributed by atoms with Gasteiger partial charge in [-0.25, -0.2) is 8.78 Å². The molecule has 1 amide bonds. The summed E-state index contributed by atoms with van der Waals surface area (Å²) < 4.78 is 25.3. The number of halogens is 2. The first kappa shape index (κ1) is 11.4. The Bertz CT molecular complexity index is 219. The van der Waals surface area contributed by atoms with Gasteiger partial charge in [0, 0.05) is 5.92 Å². The average molecular weight is 206 g/mol. The van der Waals surface area contributed by atoms with Gasteiger partial charge in [-0.1, -0.05) is 0 Å². The topological polar surface area (TPSA) is 55.1 Å². The zero-order valence-electron chi connectivity index (χ0n) is 8.22. The SMILES string of the molecule is CC(CCN)(NC(=O)C1CC1)C(F)F. The first-order valence-electron chi connectivity index (χ1n) is 4.80. The summed E-state index contributed by atoms with van der Waals surface area (Å²) in [4.78, 5) is 11.3. The number of amides is 1. The van der Waals surface area contributed by atoms with Gasteiger partial charge in [-0.3, -0.25) is 4.79 Å². The number of alkyl halides is 2. The van der Waals surface area contributed by atoms with E-state index < -0.39 is 12.0 Å². The molecule has 0 aromatic carbocycles. The van der Waals surface area contributed by atoms with Gasteiger partial charge in [0.25, 0.3) is 6.43 Å². The molecule has 1 aliphatic rings. The first-order chi connectivity index (χ1) is 6.49. The number of hydrogen-bond acceptors (Lipinski definition) is 2. The third-order valence-electron chi connectivity index (χ3n) is 2.50. The smallest absolute Gasteiger partial charge is 0.261 e. The lowest BCUT2D eigenvalue weighted by Gasteiger charge is -2.29. The quantitative estimate of drug-likeness (QED) is 0.701. The van der Waals surface area contributed by atoms with Gasteiger partial charge in [0.2, 0.25) is 5.91 Å². The van der Waals surface area contributed by atoms with Crippen molar-refractivity contribution in [3.05, 3.63) is 0 Å². The van der Waals surface area contributed by atoms with Crippen LogP contribution in [0.25, 0.3) is 0 Å². The van der Waals surface area contributed by atoms with Crippen LogP contribution in [0.2, 0.25) is 0 Å². The van der Waals surface area contributed by atoms with E-state index in [1.165, 1.54) is 6.92 Å². The lowest BCUT2D eigenvalue weighted by Crippen LogP contribution is -2.53. The van der Waals surface area contributed by atoms with E-state index in [0.717, 1.165) is 12.8 Å². The Balaban J connectivity index is 2.52. The first-order valence-corrected chi connectivity index (χ1v) is 4.80. The van der Waals surface area contributed by atoms with Crippen molar-refractivity contribution < 1.29 is 13.6 Å². The van der Waals surface area contributed by atoms with Crippen molar-refractivity contribution >= 4 is 5.91 Å². The average Bonchev–Trinajstić information content (AvgIpc) is 2.85. The third-order valence-corrected chi connectivity index (χ3v) is 2.50. The summed E-state index contributed by atoms with van der Waals surface area (Å²) in [6, 6.07) is 0. The molecule has 1 rings (SSSR count). The Kier molecular flexibility index (Phi) is 3.42. The van der Waals surface area contributed by atoms with E-state index in [1.54, 1.807) is 0 Å². The third kappa shape index (κ3) is 2.64. The van der Waals surface area contributed by atoms with E-state index in [-0.39, 0.29) is 24.8 Å². The van der Waals surface area contributed by atoms with E-state index in [2.05, 4.69) is 5.32 Å². The molecule has 0 radical (unpaired) electrons. The van der Waals surface area contributed by atoms with Crippen LogP contribution in [0.15, 0.2) is 0 Å². The minimum absolute atomic E-state index is 0.0501. The maximum Gasteiger partial charge on any atom is 0.261 e. The molecule has 0 aromatic rings. The molecule has 3 N–H and O–H groups in total. The Morgan fingerprint density at radius 1 is 1.64 bits per heavy atom. The Hall–Kier alpha value is -0.710. The van der Waals surface area contributed by atoms with Gasteiger partial charge in [0.1, 0.15) is 0 Å². The molecule has 1 aliphatic carbocycles. The fraction of sp³-hybridized carbons (Fsp3) is 0.889. The highest BCUT2D eigenvalue weighted by Crippen LogP contribution is 2.30. The van der Waals surface area contributed by atoms with Crippen LogP contribution in [0, 0.1) is 5.92 Å². The monoisotopic (exact) mass is 206 g/mol. The summed E-state index contributed by atoms with van der Waals surface area (Å²) in [6.07, 6.45) is -0.848.